The van der Waals surface area contributed by atoms with Crippen LogP contribution in [0.2, 0.25) is 0 Å². The zero-order valence-corrected chi connectivity index (χ0v) is 6.90. The Morgan fingerprint density at radius 2 is 1.80 bits per heavy atom. The fraction of sp³-hybridized carbons (Fsp3) is 0.125. The van der Waals surface area contributed by atoms with Crippen LogP contribution in [-0.4, -0.2) is 6.36 Å². The smallest absolute Gasteiger partial charge is 0.403 e. The molecule has 0 N–H and O–H groups in total. The van der Waals surface area contributed by atoms with E-state index in [1.807, 2.05) is 0 Å². The number of halogens is 5. The second kappa shape index (κ2) is 3.73. The van der Waals surface area contributed by atoms with Gasteiger partial charge in [-0.3, -0.25) is 0 Å². The predicted molar refractivity (Wildman–Crippen MR) is 37.8 cm³/mol. The molecule has 0 saturated heterocycles. The third-order valence-corrected chi connectivity index (χ3v) is 1.39. The van der Waals surface area contributed by atoms with E-state index in [-0.39, 0.29) is 0 Å². The van der Waals surface area contributed by atoms with Gasteiger partial charge in [-0.1, -0.05) is 0 Å². The zero-order chi connectivity index (χ0) is 11.6. The molecule has 0 aromatic heterocycles. The Labute approximate surface area is 80.5 Å². The lowest BCUT2D eigenvalue weighted by Gasteiger charge is -2.09. The van der Waals surface area contributed by atoms with Crippen LogP contribution in [0.4, 0.5) is 22.0 Å². The third kappa shape index (κ3) is 2.56. The molecule has 0 radical (unpaired) electrons. The van der Waals surface area contributed by atoms with Crippen molar-refractivity contribution < 1.29 is 26.7 Å². The lowest BCUT2D eigenvalue weighted by Crippen LogP contribution is -2.18. The van der Waals surface area contributed by atoms with Crippen molar-refractivity contribution in [1.29, 1.82) is 5.26 Å². The molecule has 0 amide bonds. The summed E-state index contributed by atoms with van der Waals surface area (Å²) < 4.78 is 64.0. The maximum Gasteiger partial charge on any atom is 0.573 e. The number of nitrogens with zero attached hydrogens (tertiary/aromatic N) is 1. The molecule has 7 heteroatoms. The molecule has 15 heavy (non-hydrogen) atoms. The van der Waals surface area contributed by atoms with E-state index in [0.717, 1.165) is 6.07 Å². The Morgan fingerprint density at radius 3 is 2.27 bits per heavy atom. The number of hydrogen-bond donors (Lipinski definition) is 0. The van der Waals surface area contributed by atoms with Crippen LogP contribution in [0.3, 0.4) is 0 Å². The first-order valence-electron chi connectivity index (χ1n) is 3.49. The van der Waals surface area contributed by atoms with Gasteiger partial charge >= 0.3 is 6.36 Å². The maximum atomic E-state index is 13.0. The Balaban J connectivity index is 3.18. The molecule has 1 rings (SSSR count). The highest BCUT2D eigenvalue weighted by molar-refractivity contribution is 5.39. The third-order valence-electron chi connectivity index (χ3n) is 1.39. The van der Waals surface area contributed by atoms with Crippen LogP contribution in [0.5, 0.6) is 5.75 Å². The summed E-state index contributed by atoms with van der Waals surface area (Å²) >= 11 is 0. The van der Waals surface area contributed by atoms with Crippen molar-refractivity contribution in [1.82, 2.24) is 0 Å². The molecule has 0 aliphatic carbocycles. The van der Waals surface area contributed by atoms with Gasteiger partial charge in [-0.05, 0) is 12.1 Å². The Hall–Kier alpha value is -1.84. The van der Waals surface area contributed by atoms with Gasteiger partial charge in [0.1, 0.15) is 17.4 Å². The molecule has 0 spiro atoms. The summed E-state index contributed by atoms with van der Waals surface area (Å²) in [5, 5.41) is 8.26. The van der Waals surface area contributed by atoms with Crippen LogP contribution >= 0.6 is 0 Å². The largest absolute Gasteiger partial charge is 0.573 e. The van der Waals surface area contributed by atoms with E-state index in [1.54, 1.807) is 0 Å². The number of rotatable bonds is 1. The van der Waals surface area contributed by atoms with Gasteiger partial charge in [0.2, 0.25) is 0 Å². The normalized spacial score (nSPS) is 10.9. The van der Waals surface area contributed by atoms with E-state index in [4.69, 9.17) is 5.26 Å². The molecule has 0 unspecified atom stereocenters. The fourth-order valence-corrected chi connectivity index (χ4v) is 0.839. The average Bonchev–Trinajstić information content (AvgIpc) is 2.09. The molecule has 1 aromatic carbocycles. The Bertz CT molecular complexity index is 420. The van der Waals surface area contributed by atoms with Crippen LogP contribution in [-0.2, 0) is 0 Å². The molecule has 80 valence electrons. The summed E-state index contributed by atoms with van der Waals surface area (Å²) in [4.78, 5) is 0. The second-order valence-electron chi connectivity index (χ2n) is 2.39. The van der Waals surface area contributed by atoms with E-state index in [2.05, 4.69) is 4.74 Å². The number of ether oxygens (including phenoxy) is 1. The van der Waals surface area contributed by atoms with Gasteiger partial charge in [0.15, 0.2) is 11.6 Å². The van der Waals surface area contributed by atoms with Crippen LogP contribution in [0.1, 0.15) is 5.56 Å². The van der Waals surface area contributed by atoms with Crippen molar-refractivity contribution in [3.63, 3.8) is 0 Å². The van der Waals surface area contributed by atoms with Crippen LogP contribution in [0, 0.1) is 23.0 Å². The van der Waals surface area contributed by atoms with E-state index in [0.29, 0.717) is 12.1 Å². The van der Waals surface area contributed by atoms with Crippen molar-refractivity contribution in [2.75, 3.05) is 0 Å². The predicted octanol–water partition coefficient (Wildman–Crippen LogP) is 2.74. The van der Waals surface area contributed by atoms with Gasteiger partial charge < -0.3 is 4.74 Å². The monoisotopic (exact) mass is 223 g/mol. The van der Waals surface area contributed by atoms with Gasteiger partial charge in [0.05, 0.1) is 0 Å². The van der Waals surface area contributed by atoms with E-state index >= 15 is 0 Å². The molecule has 0 bridgehead atoms. The maximum absolute atomic E-state index is 13.0. The minimum absolute atomic E-state index is 0.457. The minimum atomic E-state index is -5.09. The molecular weight excluding hydrogens is 221 g/mol. The highest BCUT2D eigenvalue weighted by atomic mass is 19.4. The molecular formula is C8H2F5NO. The number of benzene rings is 1. The van der Waals surface area contributed by atoms with E-state index in [1.165, 1.54) is 0 Å². The van der Waals surface area contributed by atoms with Crippen molar-refractivity contribution in [3.05, 3.63) is 29.3 Å². The van der Waals surface area contributed by atoms with E-state index in [9.17, 15) is 22.0 Å². The quantitative estimate of drug-likeness (QED) is 0.685. The summed E-state index contributed by atoms with van der Waals surface area (Å²) in [6.07, 6.45) is -5.09. The molecule has 0 fully saturated rings. The molecule has 0 saturated carbocycles. The zero-order valence-electron chi connectivity index (χ0n) is 6.90. The lowest BCUT2D eigenvalue weighted by molar-refractivity contribution is -0.275. The first-order chi connectivity index (χ1) is 6.85. The topological polar surface area (TPSA) is 33.0 Å². The Morgan fingerprint density at radius 1 is 1.20 bits per heavy atom. The molecule has 2 nitrogen and oxygen atoms in total. The highest BCUT2D eigenvalue weighted by Crippen LogP contribution is 2.28. The minimum Gasteiger partial charge on any atom is -0.403 e. The van der Waals surface area contributed by atoms with Crippen LogP contribution in [0.15, 0.2) is 12.1 Å². The van der Waals surface area contributed by atoms with Gasteiger partial charge in [-0.2, -0.15) is 5.26 Å². The summed E-state index contributed by atoms with van der Waals surface area (Å²) in [5.41, 5.74) is -1.11. The first kappa shape index (κ1) is 11.2. The number of hydrogen-bond acceptors (Lipinski definition) is 2. The Kier molecular flexibility index (Phi) is 2.79. The van der Waals surface area contributed by atoms with Crippen molar-refractivity contribution in [2.45, 2.75) is 6.36 Å². The van der Waals surface area contributed by atoms with Gasteiger partial charge in [-0.25, -0.2) is 8.78 Å². The molecule has 0 aliphatic heterocycles. The summed E-state index contributed by atoms with van der Waals surface area (Å²) in [7, 11) is 0. The summed E-state index contributed by atoms with van der Waals surface area (Å²) in [6.45, 7) is 0. The molecule has 0 heterocycles. The molecule has 1 aromatic rings. The molecule has 0 atom stereocenters. The average molecular weight is 223 g/mol. The molecule has 0 aliphatic rings. The fourth-order valence-electron chi connectivity index (χ4n) is 0.839. The van der Waals surface area contributed by atoms with Crippen LogP contribution in [0.25, 0.3) is 0 Å². The SMILES string of the molecule is N#Cc1c(F)ccc(OC(F)(F)F)c1F. The van der Waals surface area contributed by atoms with E-state index < -0.39 is 29.3 Å². The highest BCUT2D eigenvalue weighted by Gasteiger charge is 2.33. The van der Waals surface area contributed by atoms with Gasteiger partial charge in [0, 0.05) is 0 Å². The van der Waals surface area contributed by atoms with Gasteiger partial charge in [0.25, 0.3) is 0 Å². The summed E-state index contributed by atoms with van der Waals surface area (Å²) in [6, 6.07) is 2.07. The standard InChI is InChI=1S/C8H2F5NO/c9-5-1-2-6(15-8(11,12)13)7(10)4(5)3-14/h1-2H. The van der Waals surface area contributed by atoms with Crippen molar-refractivity contribution >= 4 is 0 Å². The summed E-state index contributed by atoms with van der Waals surface area (Å²) in [5.74, 6) is -4.15. The van der Waals surface area contributed by atoms with Crippen LogP contribution < -0.4 is 4.74 Å². The second-order valence-corrected chi connectivity index (χ2v) is 2.39. The van der Waals surface area contributed by atoms with Crippen molar-refractivity contribution in [3.8, 4) is 11.8 Å². The van der Waals surface area contributed by atoms with Gasteiger partial charge in [-0.15, -0.1) is 13.2 Å². The first-order valence-corrected chi connectivity index (χ1v) is 3.49. The number of alkyl halides is 3. The lowest BCUT2D eigenvalue weighted by atomic mass is 10.2. The van der Waals surface area contributed by atoms with Crippen molar-refractivity contribution in [2.24, 2.45) is 0 Å². The number of nitriles is 1.